The van der Waals surface area contributed by atoms with Crippen molar-refractivity contribution in [1.29, 1.82) is 0 Å². The second kappa shape index (κ2) is 4.85. The summed E-state index contributed by atoms with van der Waals surface area (Å²) in [7, 11) is 1.95. The molecule has 2 N–H and O–H groups in total. The second-order valence-corrected chi connectivity index (χ2v) is 4.97. The molecule has 0 aliphatic rings. The van der Waals surface area contributed by atoms with Gasteiger partial charge in [-0.05, 0) is 36.8 Å². The van der Waals surface area contributed by atoms with E-state index in [0.717, 1.165) is 28.0 Å². The van der Waals surface area contributed by atoms with Gasteiger partial charge in [0.2, 0.25) is 5.91 Å². The lowest BCUT2D eigenvalue weighted by Crippen LogP contribution is -2.13. The summed E-state index contributed by atoms with van der Waals surface area (Å²) >= 11 is 0. The Labute approximate surface area is 116 Å². The number of hydrogen-bond acceptors (Lipinski definition) is 2. The van der Waals surface area contributed by atoms with Gasteiger partial charge < -0.3 is 14.9 Å². The standard InChI is InChI=1S/C15H16N4O/c1-10-5-11(8-16-10)6-15(20)18-12-3-4-14-13(7-12)17-9-19(14)2/h3-5,7-9,16H,6H2,1-2H3,(H,18,20). The molecular weight excluding hydrogens is 252 g/mol. The molecule has 0 fully saturated rings. The SMILES string of the molecule is Cc1cc(CC(=O)Nc2ccc3c(c2)ncn3C)c[nH]1. The molecular formula is C15H16N4O. The summed E-state index contributed by atoms with van der Waals surface area (Å²) in [5.41, 5.74) is 4.74. The topological polar surface area (TPSA) is 62.7 Å². The van der Waals surface area contributed by atoms with Crippen molar-refractivity contribution in [2.24, 2.45) is 7.05 Å². The molecule has 0 aliphatic heterocycles. The number of hydrogen-bond donors (Lipinski definition) is 2. The zero-order valence-electron chi connectivity index (χ0n) is 11.5. The molecule has 0 bridgehead atoms. The Bertz CT molecular complexity index is 769. The Kier molecular flexibility index (Phi) is 3.02. The lowest BCUT2D eigenvalue weighted by molar-refractivity contribution is -0.115. The number of aryl methyl sites for hydroxylation is 2. The van der Waals surface area contributed by atoms with Gasteiger partial charge >= 0.3 is 0 Å². The number of aromatic amines is 1. The monoisotopic (exact) mass is 268 g/mol. The minimum atomic E-state index is -0.0284. The Morgan fingerprint density at radius 1 is 1.40 bits per heavy atom. The number of amides is 1. The van der Waals surface area contributed by atoms with Crippen LogP contribution in [-0.4, -0.2) is 20.4 Å². The summed E-state index contributed by atoms with van der Waals surface area (Å²) in [4.78, 5) is 19.3. The van der Waals surface area contributed by atoms with Gasteiger partial charge in [0, 0.05) is 24.6 Å². The van der Waals surface area contributed by atoms with Crippen molar-refractivity contribution in [3.05, 3.63) is 48.0 Å². The average Bonchev–Trinajstić information content (AvgIpc) is 2.96. The normalized spacial score (nSPS) is 10.9. The minimum absolute atomic E-state index is 0.0284. The van der Waals surface area contributed by atoms with Gasteiger partial charge in [-0.2, -0.15) is 0 Å². The summed E-state index contributed by atoms with van der Waals surface area (Å²) in [6.07, 6.45) is 3.99. The summed E-state index contributed by atoms with van der Waals surface area (Å²) < 4.78 is 1.95. The number of H-pyrrole nitrogens is 1. The van der Waals surface area contributed by atoms with E-state index in [1.165, 1.54) is 0 Å². The Hall–Kier alpha value is -2.56. The van der Waals surface area contributed by atoms with Gasteiger partial charge in [-0.15, -0.1) is 0 Å². The van der Waals surface area contributed by atoms with E-state index in [0.29, 0.717) is 6.42 Å². The highest BCUT2D eigenvalue weighted by molar-refractivity contribution is 5.94. The van der Waals surface area contributed by atoms with Crippen LogP contribution in [-0.2, 0) is 18.3 Å². The van der Waals surface area contributed by atoms with E-state index in [9.17, 15) is 4.79 Å². The molecule has 2 heterocycles. The molecule has 3 rings (SSSR count). The summed E-state index contributed by atoms with van der Waals surface area (Å²) in [5.74, 6) is -0.0284. The van der Waals surface area contributed by atoms with Crippen molar-refractivity contribution in [1.82, 2.24) is 14.5 Å². The maximum absolute atomic E-state index is 12.0. The number of benzene rings is 1. The highest BCUT2D eigenvalue weighted by Gasteiger charge is 2.07. The van der Waals surface area contributed by atoms with Gasteiger partial charge in [-0.25, -0.2) is 4.98 Å². The van der Waals surface area contributed by atoms with Gasteiger partial charge in [0.25, 0.3) is 0 Å². The van der Waals surface area contributed by atoms with E-state index in [1.807, 2.05) is 49.0 Å². The van der Waals surface area contributed by atoms with Crippen LogP contribution in [0.1, 0.15) is 11.3 Å². The highest BCUT2D eigenvalue weighted by atomic mass is 16.1. The van der Waals surface area contributed by atoms with Crippen LogP contribution in [0.2, 0.25) is 0 Å². The van der Waals surface area contributed by atoms with Crippen molar-refractivity contribution in [2.75, 3.05) is 5.32 Å². The third-order valence-electron chi connectivity index (χ3n) is 3.26. The number of fused-ring (bicyclic) bond motifs is 1. The molecule has 5 heteroatoms. The first-order valence-electron chi connectivity index (χ1n) is 6.46. The largest absolute Gasteiger partial charge is 0.365 e. The lowest BCUT2D eigenvalue weighted by atomic mass is 10.2. The van der Waals surface area contributed by atoms with Crippen LogP contribution in [0.4, 0.5) is 5.69 Å². The molecule has 0 saturated heterocycles. The van der Waals surface area contributed by atoms with Crippen molar-refractivity contribution >= 4 is 22.6 Å². The third-order valence-corrected chi connectivity index (χ3v) is 3.26. The van der Waals surface area contributed by atoms with Crippen LogP contribution < -0.4 is 5.32 Å². The summed E-state index contributed by atoms with van der Waals surface area (Å²) in [6, 6.07) is 7.71. The zero-order valence-corrected chi connectivity index (χ0v) is 11.5. The van der Waals surface area contributed by atoms with Gasteiger partial charge in [0.15, 0.2) is 0 Å². The number of carbonyl (C=O) groups excluding carboxylic acids is 1. The smallest absolute Gasteiger partial charge is 0.228 e. The van der Waals surface area contributed by atoms with Crippen molar-refractivity contribution in [2.45, 2.75) is 13.3 Å². The molecule has 1 amide bonds. The molecule has 0 atom stereocenters. The molecule has 5 nitrogen and oxygen atoms in total. The van der Waals surface area contributed by atoms with Gasteiger partial charge in [0.05, 0.1) is 23.8 Å². The van der Waals surface area contributed by atoms with Gasteiger partial charge in [0.1, 0.15) is 0 Å². The molecule has 0 aliphatic carbocycles. The Morgan fingerprint density at radius 3 is 3.00 bits per heavy atom. The van der Waals surface area contributed by atoms with Crippen molar-refractivity contribution < 1.29 is 4.79 Å². The molecule has 102 valence electrons. The zero-order chi connectivity index (χ0) is 14.1. The molecule has 0 spiro atoms. The molecule has 3 aromatic rings. The fourth-order valence-corrected chi connectivity index (χ4v) is 2.27. The maximum atomic E-state index is 12.0. The quantitative estimate of drug-likeness (QED) is 0.766. The van der Waals surface area contributed by atoms with E-state index in [-0.39, 0.29) is 5.91 Å². The molecule has 20 heavy (non-hydrogen) atoms. The fourth-order valence-electron chi connectivity index (χ4n) is 2.27. The van der Waals surface area contributed by atoms with Crippen LogP contribution >= 0.6 is 0 Å². The van der Waals surface area contributed by atoms with Crippen LogP contribution in [0.25, 0.3) is 11.0 Å². The van der Waals surface area contributed by atoms with Crippen LogP contribution in [0.15, 0.2) is 36.8 Å². The highest BCUT2D eigenvalue weighted by Crippen LogP contribution is 2.17. The van der Waals surface area contributed by atoms with E-state index in [4.69, 9.17) is 0 Å². The third kappa shape index (κ3) is 2.42. The summed E-state index contributed by atoms with van der Waals surface area (Å²) in [6.45, 7) is 1.97. The molecule has 0 unspecified atom stereocenters. The Morgan fingerprint density at radius 2 is 2.25 bits per heavy atom. The van der Waals surface area contributed by atoms with E-state index >= 15 is 0 Å². The number of rotatable bonds is 3. The van der Waals surface area contributed by atoms with Crippen LogP contribution in [0, 0.1) is 6.92 Å². The van der Waals surface area contributed by atoms with Crippen LogP contribution in [0.3, 0.4) is 0 Å². The minimum Gasteiger partial charge on any atom is -0.365 e. The van der Waals surface area contributed by atoms with E-state index in [2.05, 4.69) is 15.3 Å². The van der Waals surface area contributed by atoms with Gasteiger partial charge in [-0.1, -0.05) is 0 Å². The number of carbonyl (C=O) groups is 1. The molecule has 2 aromatic heterocycles. The number of nitrogens with one attached hydrogen (secondary N) is 2. The number of imidazole rings is 1. The van der Waals surface area contributed by atoms with E-state index in [1.54, 1.807) is 6.33 Å². The first-order valence-corrected chi connectivity index (χ1v) is 6.46. The average molecular weight is 268 g/mol. The fraction of sp³-hybridized carbons (Fsp3) is 0.200. The lowest BCUT2D eigenvalue weighted by Gasteiger charge is -2.04. The number of anilines is 1. The second-order valence-electron chi connectivity index (χ2n) is 4.97. The predicted molar refractivity (Wildman–Crippen MR) is 78.6 cm³/mol. The van der Waals surface area contributed by atoms with Crippen LogP contribution in [0.5, 0.6) is 0 Å². The predicted octanol–water partition coefficient (Wildman–Crippen LogP) is 2.39. The van der Waals surface area contributed by atoms with Gasteiger partial charge in [-0.3, -0.25) is 4.79 Å². The first kappa shape index (κ1) is 12.5. The van der Waals surface area contributed by atoms with Crippen molar-refractivity contribution in [3.63, 3.8) is 0 Å². The number of nitrogens with zero attached hydrogens (tertiary/aromatic N) is 2. The maximum Gasteiger partial charge on any atom is 0.228 e. The van der Waals surface area contributed by atoms with Crippen molar-refractivity contribution in [3.8, 4) is 0 Å². The molecule has 0 saturated carbocycles. The number of aromatic nitrogens is 3. The molecule has 1 aromatic carbocycles. The Balaban J connectivity index is 1.73. The summed E-state index contributed by atoms with van der Waals surface area (Å²) in [5, 5.41) is 2.90. The van der Waals surface area contributed by atoms with E-state index < -0.39 is 0 Å². The molecule has 0 radical (unpaired) electrons. The first-order chi connectivity index (χ1) is 9.61.